The molecule has 48 heavy (non-hydrogen) atoms. The highest BCUT2D eigenvalue weighted by atomic mass is 79.9. The van der Waals surface area contributed by atoms with Gasteiger partial charge in [-0.1, -0.05) is 73.5 Å². The van der Waals surface area contributed by atoms with E-state index in [1.165, 1.54) is 0 Å². The first-order valence-electron chi connectivity index (χ1n) is 15.4. The van der Waals surface area contributed by atoms with Gasteiger partial charge in [0.2, 0.25) is 11.2 Å². The van der Waals surface area contributed by atoms with Crippen molar-refractivity contribution in [3.05, 3.63) is 133 Å². The van der Waals surface area contributed by atoms with E-state index in [4.69, 9.17) is 23.4 Å². The summed E-state index contributed by atoms with van der Waals surface area (Å²) >= 11 is 7.08. The molecule has 0 bridgehead atoms. The van der Waals surface area contributed by atoms with Crippen LogP contribution < -0.4 is 19.6 Å². The molecule has 0 aliphatic carbocycles. The number of aromatic nitrogens is 3. The largest absolute Gasteiger partial charge is 0.493 e. The number of para-hydroxylation sites is 1. The van der Waals surface area contributed by atoms with Crippen LogP contribution in [0.4, 0.5) is 0 Å². The van der Waals surface area contributed by atoms with E-state index in [9.17, 15) is 4.79 Å². The fourth-order valence-electron chi connectivity index (χ4n) is 6.03. The van der Waals surface area contributed by atoms with Crippen molar-refractivity contribution in [1.29, 1.82) is 0 Å². The zero-order chi connectivity index (χ0) is 33.2. The summed E-state index contributed by atoms with van der Waals surface area (Å²) in [5, 5.41) is 9.37. The minimum Gasteiger partial charge on any atom is -0.493 e. The Kier molecular flexibility index (Phi) is 9.34. The molecule has 11 heteroatoms. The van der Waals surface area contributed by atoms with Gasteiger partial charge in [-0.05, 0) is 65.7 Å². The monoisotopic (exact) mass is 771 g/mol. The molecule has 6 aromatic rings. The Balaban J connectivity index is 1.18. The first-order chi connectivity index (χ1) is 23.4. The predicted molar refractivity (Wildman–Crippen MR) is 188 cm³/mol. The Morgan fingerprint density at radius 3 is 2.12 bits per heavy atom. The lowest BCUT2D eigenvalue weighted by Gasteiger charge is -2.36. The van der Waals surface area contributed by atoms with Crippen LogP contribution in [0.3, 0.4) is 0 Å². The molecule has 3 heterocycles. The molecule has 0 spiro atoms. The van der Waals surface area contributed by atoms with Crippen LogP contribution in [-0.2, 0) is 11.3 Å². The van der Waals surface area contributed by atoms with E-state index >= 15 is 0 Å². The minimum absolute atomic E-state index is 0.00959. The quantitative estimate of drug-likeness (QED) is 0.144. The summed E-state index contributed by atoms with van der Waals surface area (Å²) in [5.74, 6) is 1.42. The Labute approximate surface area is 293 Å². The van der Waals surface area contributed by atoms with Gasteiger partial charge in [-0.25, -0.2) is 4.68 Å². The molecule has 2 unspecified atom stereocenters. The zero-order valence-electron chi connectivity index (χ0n) is 26.1. The van der Waals surface area contributed by atoms with E-state index in [0.717, 1.165) is 32.9 Å². The van der Waals surface area contributed by atoms with Gasteiger partial charge in [0.05, 0.1) is 44.1 Å². The molecule has 1 aliphatic heterocycles. The van der Waals surface area contributed by atoms with Gasteiger partial charge in [-0.2, -0.15) is 0 Å². The summed E-state index contributed by atoms with van der Waals surface area (Å²) in [5.41, 5.74) is 3.54. The molecule has 2 aromatic heterocycles. The van der Waals surface area contributed by atoms with Crippen LogP contribution in [0.5, 0.6) is 17.2 Å². The molecule has 0 N–H and O–H groups in total. The van der Waals surface area contributed by atoms with Crippen LogP contribution in [0, 0.1) is 0 Å². The second-order valence-electron chi connectivity index (χ2n) is 11.5. The van der Waals surface area contributed by atoms with Crippen LogP contribution in [-0.4, -0.2) is 29.2 Å². The summed E-state index contributed by atoms with van der Waals surface area (Å²) in [6.45, 7) is 0.0128. The Morgan fingerprint density at radius 2 is 1.48 bits per heavy atom. The van der Waals surface area contributed by atoms with Gasteiger partial charge < -0.3 is 23.4 Å². The van der Waals surface area contributed by atoms with Crippen LogP contribution in [0.2, 0.25) is 0 Å². The van der Waals surface area contributed by atoms with Crippen molar-refractivity contribution in [3.8, 4) is 28.6 Å². The number of halogens is 2. The number of hydrogen-bond donors (Lipinski definition) is 0. The van der Waals surface area contributed by atoms with Crippen molar-refractivity contribution >= 4 is 42.8 Å². The predicted octanol–water partition coefficient (Wildman–Crippen LogP) is 9.01. The molecular weight excluding hydrogens is 742 g/mol. The molecule has 244 valence electrons. The van der Waals surface area contributed by atoms with Gasteiger partial charge in [0, 0.05) is 27.4 Å². The number of benzene rings is 4. The fourth-order valence-corrected chi connectivity index (χ4v) is 6.56. The molecule has 7 rings (SSSR count). The van der Waals surface area contributed by atoms with Crippen LogP contribution in [0.15, 0.2) is 115 Å². The topological polar surface area (TPSA) is 97.8 Å². The highest BCUT2D eigenvalue weighted by molar-refractivity contribution is 9.10. The van der Waals surface area contributed by atoms with Crippen molar-refractivity contribution in [3.63, 3.8) is 0 Å². The highest BCUT2D eigenvalue weighted by Crippen LogP contribution is 2.44. The lowest BCUT2D eigenvalue weighted by atomic mass is 9.91. The van der Waals surface area contributed by atoms with E-state index in [1.807, 2.05) is 41.2 Å². The van der Waals surface area contributed by atoms with Gasteiger partial charge in [0.25, 0.3) is 0 Å². The van der Waals surface area contributed by atoms with Crippen molar-refractivity contribution < 1.29 is 23.4 Å². The summed E-state index contributed by atoms with van der Waals surface area (Å²) in [6, 6.07) is 28.9. The lowest BCUT2D eigenvalue weighted by Crippen LogP contribution is -2.26. The molecule has 1 saturated heterocycles. The third-order valence-corrected chi connectivity index (χ3v) is 9.54. The Bertz CT molecular complexity index is 2060. The van der Waals surface area contributed by atoms with Crippen LogP contribution >= 0.6 is 31.9 Å². The minimum atomic E-state index is -0.284. The third kappa shape index (κ3) is 6.63. The highest BCUT2D eigenvalue weighted by Gasteiger charge is 2.33. The van der Waals surface area contributed by atoms with Crippen molar-refractivity contribution in [2.45, 2.75) is 37.7 Å². The number of rotatable bonds is 9. The number of ether oxygens (including phenoxy) is 4. The van der Waals surface area contributed by atoms with Gasteiger partial charge in [0.15, 0.2) is 17.3 Å². The van der Waals surface area contributed by atoms with E-state index in [1.54, 1.807) is 50.6 Å². The first kappa shape index (κ1) is 32.1. The number of nitrogens with zero attached hydrogens (tertiary/aromatic N) is 3. The van der Waals surface area contributed by atoms with Gasteiger partial charge in [0.1, 0.15) is 17.9 Å². The maximum atomic E-state index is 13.8. The van der Waals surface area contributed by atoms with Crippen molar-refractivity contribution in [1.82, 2.24) is 15.0 Å². The molecular formula is C37H31Br2N3O6. The lowest BCUT2D eigenvalue weighted by molar-refractivity contribution is -0.0741. The summed E-state index contributed by atoms with van der Waals surface area (Å²) in [6.07, 6.45) is 3.04. The second-order valence-corrected chi connectivity index (χ2v) is 13.3. The molecule has 4 aromatic carbocycles. The van der Waals surface area contributed by atoms with E-state index < -0.39 is 0 Å². The maximum Gasteiger partial charge on any atom is 0.235 e. The standard InChI is InChI=1S/C37H31Br2N3O6/c1-44-31-16-11-24(17-34(31)45-2)36-37(35(43)29-5-3-4-6-30(29)48-36)46-21-27-20-42(41-40-27)28-18-32(22-7-12-25(38)13-8-22)47-33(19-28)23-9-14-26(39)15-10-23/h3-17,20,28,32-33H,18-19,21H2,1-2H3. The average Bonchev–Trinajstić information content (AvgIpc) is 3.60. The fraction of sp³-hybridized carbons (Fsp3) is 0.216. The summed E-state index contributed by atoms with van der Waals surface area (Å²) in [7, 11) is 3.12. The number of hydrogen-bond acceptors (Lipinski definition) is 8. The molecule has 0 radical (unpaired) electrons. The molecule has 1 fully saturated rings. The van der Waals surface area contributed by atoms with E-state index in [-0.39, 0.29) is 41.8 Å². The normalized spacial score (nSPS) is 17.7. The van der Waals surface area contributed by atoms with Gasteiger partial charge in [-0.15, -0.1) is 5.10 Å². The SMILES string of the molecule is COc1ccc(-c2oc3ccccc3c(=O)c2OCc2cn(C3CC(c4ccc(Br)cc4)OC(c4ccc(Br)cc4)C3)nn2)cc1OC. The van der Waals surface area contributed by atoms with Crippen molar-refractivity contribution in [2.24, 2.45) is 0 Å². The Morgan fingerprint density at radius 1 is 0.833 bits per heavy atom. The molecule has 0 saturated carbocycles. The van der Waals surface area contributed by atoms with Gasteiger partial charge in [-0.3, -0.25) is 4.79 Å². The summed E-state index contributed by atoms with van der Waals surface area (Å²) < 4.78 is 34.0. The van der Waals surface area contributed by atoms with Crippen molar-refractivity contribution in [2.75, 3.05) is 14.2 Å². The average molecular weight is 773 g/mol. The van der Waals surface area contributed by atoms with E-state index in [0.29, 0.717) is 33.7 Å². The second kappa shape index (κ2) is 14.0. The van der Waals surface area contributed by atoms with Gasteiger partial charge >= 0.3 is 0 Å². The molecule has 1 aliphatic rings. The van der Waals surface area contributed by atoms with E-state index in [2.05, 4.69) is 66.4 Å². The molecule has 2 atom stereocenters. The maximum absolute atomic E-state index is 13.8. The molecule has 0 amide bonds. The Hall–Kier alpha value is -4.45. The third-order valence-electron chi connectivity index (χ3n) is 8.48. The first-order valence-corrected chi connectivity index (χ1v) is 17.0. The van der Waals surface area contributed by atoms with Crippen LogP contribution in [0.25, 0.3) is 22.3 Å². The smallest absolute Gasteiger partial charge is 0.235 e. The van der Waals surface area contributed by atoms with Crippen LogP contribution in [0.1, 0.15) is 47.9 Å². The number of fused-ring (bicyclic) bond motifs is 1. The summed E-state index contributed by atoms with van der Waals surface area (Å²) in [4.78, 5) is 13.8. The molecule has 9 nitrogen and oxygen atoms in total. The zero-order valence-corrected chi connectivity index (χ0v) is 29.3. The number of methoxy groups -OCH3 is 2.